The molecule has 0 aliphatic carbocycles. The molecule has 0 bridgehead atoms. The third kappa shape index (κ3) is 4.39. The van der Waals surface area contributed by atoms with E-state index in [1.165, 1.54) is 0 Å². The van der Waals surface area contributed by atoms with Crippen molar-refractivity contribution in [2.45, 2.75) is 26.7 Å². The van der Waals surface area contributed by atoms with Crippen molar-refractivity contribution in [2.24, 2.45) is 5.92 Å². The normalized spacial score (nSPS) is 13.1. The Kier molecular flexibility index (Phi) is 5.64. The van der Waals surface area contributed by atoms with Crippen molar-refractivity contribution >= 4 is 29.0 Å². The highest BCUT2D eigenvalue weighted by Crippen LogP contribution is 2.30. The van der Waals surface area contributed by atoms with Gasteiger partial charge in [-0.05, 0) is 48.7 Å². The molecule has 0 unspecified atom stereocenters. The molecule has 1 aliphatic heterocycles. The lowest BCUT2D eigenvalue weighted by atomic mass is 9.99. The monoisotopic (exact) mass is 367 g/mol. The summed E-state index contributed by atoms with van der Waals surface area (Å²) in [4.78, 5) is 26.5. The van der Waals surface area contributed by atoms with Crippen molar-refractivity contribution in [1.29, 1.82) is 0 Å². The van der Waals surface area contributed by atoms with Crippen LogP contribution >= 0.6 is 0 Å². The second kappa shape index (κ2) is 8.12. The Hall–Kier alpha value is -3.02. The van der Waals surface area contributed by atoms with E-state index in [4.69, 9.17) is 4.74 Å². The van der Waals surface area contributed by atoms with Gasteiger partial charge in [-0.1, -0.05) is 19.9 Å². The number of hydrogen-bond donors (Lipinski definition) is 2. The average molecular weight is 367 g/mol. The standard InChI is InChI=1S/C21H25N3O3/c1-14(2)20(25)24-11-5-6-15-12-17(9-10-19(15)24)23-21(26)22-16-7-4-8-18(13-16)27-3/h4,7-10,12-14H,5-6,11H2,1-3H3,(H2,22,23,26). The van der Waals surface area contributed by atoms with Crippen LogP contribution in [0.5, 0.6) is 5.75 Å². The fourth-order valence-electron chi connectivity index (χ4n) is 3.21. The van der Waals surface area contributed by atoms with Crippen molar-refractivity contribution < 1.29 is 14.3 Å². The quantitative estimate of drug-likeness (QED) is 0.847. The Labute approximate surface area is 159 Å². The van der Waals surface area contributed by atoms with Crippen LogP contribution in [0.3, 0.4) is 0 Å². The van der Waals surface area contributed by atoms with Gasteiger partial charge < -0.3 is 20.3 Å². The van der Waals surface area contributed by atoms with Gasteiger partial charge in [0.15, 0.2) is 0 Å². The summed E-state index contributed by atoms with van der Waals surface area (Å²) < 4.78 is 5.16. The van der Waals surface area contributed by atoms with E-state index in [1.54, 1.807) is 19.2 Å². The molecule has 6 heteroatoms. The molecule has 0 saturated heterocycles. The number of nitrogens with zero attached hydrogens (tertiary/aromatic N) is 1. The van der Waals surface area contributed by atoms with E-state index >= 15 is 0 Å². The highest BCUT2D eigenvalue weighted by atomic mass is 16.5. The van der Waals surface area contributed by atoms with Gasteiger partial charge >= 0.3 is 6.03 Å². The minimum Gasteiger partial charge on any atom is -0.497 e. The number of methoxy groups -OCH3 is 1. The second-order valence-electron chi connectivity index (χ2n) is 6.90. The maximum absolute atomic E-state index is 12.4. The molecule has 3 rings (SSSR count). The molecule has 2 aromatic carbocycles. The predicted molar refractivity (Wildman–Crippen MR) is 108 cm³/mol. The van der Waals surface area contributed by atoms with Gasteiger partial charge in [0.25, 0.3) is 0 Å². The number of rotatable bonds is 4. The summed E-state index contributed by atoms with van der Waals surface area (Å²) in [6.45, 7) is 4.57. The molecule has 1 heterocycles. The largest absolute Gasteiger partial charge is 0.497 e. The van der Waals surface area contributed by atoms with Gasteiger partial charge in [0, 0.05) is 35.6 Å². The molecule has 0 atom stereocenters. The van der Waals surface area contributed by atoms with Gasteiger partial charge in [-0.2, -0.15) is 0 Å². The molecule has 3 amide bonds. The number of anilines is 3. The van der Waals surface area contributed by atoms with E-state index in [2.05, 4.69) is 10.6 Å². The molecule has 6 nitrogen and oxygen atoms in total. The molecule has 0 spiro atoms. The number of nitrogens with one attached hydrogen (secondary N) is 2. The topological polar surface area (TPSA) is 70.7 Å². The number of hydrogen-bond acceptors (Lipinski definition) is 3. The number of carbonyl (C=O) groups is 2. The number of carbonyl (C=O) groups excluding carboxylic acids is 2. The number of ether oxygens (including phenoxy) is 1. The van der Waals surface area contributed by atoms with E-state index in [1.807, 2.05) is 49.1 Å². The summed E-state index contributed by atoms with van der Waals surface area (Å²) in [5, 5.41) is 5.64. The molecule has 0 radical (unpaired) electrons. The Bertz CT molecular complexity index is 848. The number of fused-ring (bicyclic) bond motifs is 1. The summed E-state index contributed by atoms with van der Waals surface area (Å²) in [6.07, 6.45) is 1.81. The smallest absolute Gasteiger partial charge is 0.323 e. The highest BCUT2D eigenvalue weighted by molar-refractivity contribution is 6.00. The van der Waals surface area contributed by atoms with Crippen LogP contribution in [0.2, 0.25) is 0 Å². The SMILES string of the molecule is COc1cccc(NC(=O)Nc2ccc3c(c2)CCCN3C(=O)C(C)C)c1. The Morgan fingerprint density at radius 1 is 1.07 bits per heavy atom. The molecule has 0 saturated carbocycles. The van der Waals surface area contributed by atoms with Gasteiger partial charge in [-0.3, -0.25) is 4.79 Å². The number of benzene rings is 2. The van der Waals surface area contributed by atoms with Crippen molar-refractivity contribution in [3.63, 3.8) is 0 Å². The lowest BCUT2D eigenvalue weighted by Gasteiger charge is -2.31. The maximum atomic E-state index is 12.4. The first-order valence-corrected chi connectivity index (χ1v) is 9.14. The van der Waals surface area contributed by atoms with E-state index in [9.17, 15) is 9.59 Å². The van der Waals surface area contributed by atoms with Crippen LogP contribution in [0.1, 0.15) is 25.8 Å². The lowest BCUT2D eigenvalue weighted by molar-refractivity contribution is -0.121. The van der Waals surface area contributed by atoms with E-state index < -0.39 is 0 Å². The van der Waals surface area contributed by atoms with Gasteiger partial charge in [0.05, 0.1) is 7.11 Å². The zero-order chi connectivity index (χ0) is 19.4. The van der Waals surface area contributed by atoms with Gasteiger partial charge in [-0.25, -0.2) is 4.79 Å². The zero-order valence-electron chi connectivity index (χ0n) is 15.9. The van der Waals surface area contributed by atoms with E-state index in [-0.39, 0.29) is 17.9 Å². The fraction of sp³-hybridized carbons (Fsp3) is 0.333. The first-order chi connectivity index (χ1) is 13.0. The molecule has 0 aromatic heterocycles. The number of aryl methyl sites for hydroxylation is 1. The first-order valence-electron chi connectivity index (χ1n) is 9.14. The second-order valence-corrected chi connectivity index (χ2v) is 6.90. The van der Waals surface area contributed by atoms with E-state index in [0.29, 0.717) is 17.1 Å². The van der Waals surface area contributed by atoms with Crippen molar-refractivity contribution in [3.8, 4) is 5.75 Å². The molecular weight excluding hydrogens is 342 g/mol. The minimum absolute atomic E-state index is 0.0395. The number of amides is 3. The Morgan fingerprint density at radius 2 is 1.81 bits per heavy atom. The van der Waals surface area contributed by atoms with Crippen LogP contribution in [0.25, 0.3) is 0 Å². The molecular formula is C21H25N3O3. The maximum Gasteiger partial charge on any atom is 0.323 e. The average Bonchev–Trinajstić information content (AvgIpc) is 2.66. The first kappa shape index (κ1) is 18.8. The summed E-state index contributed by atoms with van der Waals surface area (Å²) in [5.74, 6) is 0.770. The van der Waals surface area contributed by atoms with Crippen molar-refractivity contribution in [2.75, 3.05) is 29.2 Å². The van der Waals surface area contributed by atoms with Gasteiger partial charge in [0.2, 0.25) is 5.91 Å². The van der Waals surface area contributed by atoms with Crippen LogP contribution in [0.4, 0.5) is 21.9 Å². The molecule has 2 aromatic rings. The zero-order valence-corrected chi connectivity index (χ0v) is 15.9. The predicted octanol–water partition coefficient (Wildman–Crippen LogP) is 4.27. The molecule has 1 aliphatic rings. The highest BCUT2D eigenvalue weighted by Gasteiger charge is 2.24. The molecule has 0 fully saturated rings. The Balaban J connectivity index is 1.71. The minimum atomic E-state index is -0.325. The lowest BCUT2D eigenvalue weighted by Crippen LogP contribution is -2.38. The third-order valence-corrected chi connectivity index (χ3v) is 4.54. The molecule has 27 heavy (non-hydrogen) atoms. The molecule has 2 N–H and O–H groups in total. The summed E-state index contributed by atoms with van der Waals surface area (Å²) >= 11 is 0. The van der Waals surface area contributed by atoms with Gasteiger partial charge in [-0.15, -0.1) is 0 Å². The van der Waals surface area contributed by atoms with Gasteiger partial charge in [0.1, 0.15) is 5.75 Å². The van der Waals surface area contributed by atoms with Crippen LogP contribution in [-0.4, -0.2) is 25.6 Å². The molecule has 142 valence electrons. The number of urea groups is 1. The van der Waals surface area contributed by atoms with Crippen LogP contribution in [-0.2, 0) is 11.2 Å². The van der Waals surface area contributed by atoms with Crippen LogP contribution < -0.4 is 20.3 Å². The van der Waals surface area contributed by atoms with Crippen LogP contribution in [0, 0.1) is 5.92 Å². The summed E-state index contributed by atoms with van der Waals surface area (Å²) in [7, 11) is 1.58. The fourth-order valence-corrected chi connectivity index (χ4v) is 3.21. The summed E-state index contributed by atoms with van der Waals surface area (Å²) in [5.41, 5.74) is 3.37. The third-order valence-electron chi connectivity index (χ3n) is 4.54. The van der Waals surface area contributed by atoms with Crippen LogP contribution in [0.15, 0.2) is 42.5 Å². The van der Waals surface area contributed by atoms with E-state index in [0.717, 1.165) is 30.6 Å². The summed E-state index contributed by atoms with van der Waals surface area (Å²) in [6, 6.07) is 12.5. The van der Waals surface area contributed by atoms with Crippen molar-refractivity contribution in [1.82, 2.24) is 0 Å². The Morgan fingerprint density at radius 3 is 2.52 bits per heavy atom. The van der Waals surface area contributed by atoms with Crippen molar-refractivity contribution in [3.05, 3.63) is 48.0 Å².